The van der Waals surface area contributed by atoms with Crippen molar-refractivity contribution in [2.75, 3.05) is 6.54 Å². The van der Waals surface area contributed by atoms with Crippen LogP contribution in [0.4, 0.5) is 0 Å². The quantitative estimate of drug-likeness (QED) is 0.130. The lowest BCUT2D eigenvalue weighted by atomic mass is 10.2. The van der Waals surface area contributed by atoms with Crippen molar-refractivity contribution in [3.8, 4) is 0 Å². The highest BCUT2D eigenvalue weighted by atomic mass is 16.4. The summed E-state index contributed by atoms with van der Waals surface area (Å²) in [5.41, 5.74) is 13.6. The summed E-state index contributed by atoms with van der Waals surface area (Å²) in [4.78, 5) is 31.6. The monoisotopic (exact) mass is 296 g/mol. The number of nitrogens with one attached hydrogen (secondary N) is 1. The minimum Gasteiger partial charge on any atom is -0.550 e. The molecule has 11 N–H and O–H groups in total. The average molecular weight is 296 g/mol. The molecule has 0 spiro atoms. The van der Waals surface area contributed by atoms with Gasteiger partial charge in [0.15, 0.2) is 0 Å². The van der Waals surface area contributed by atoms with E-state index in [1.807, 2.05) is 0 Å². The Bertz CT molecular complexity index is 329. The van der Waals surface area contributed by atoms with E-state index in [1.165, 1.54) is 0 Å². The maximum absolute atomic E-state index is 10.2. The van der Waals surface area contributed by atoms with E-state index in [2.05, 4.69) is 10.7 Å². The second-order valence-electron chi connectivity index (χ2n) is 3.48. The second kappa shape index (κ2) is 13.0. The van der Waals surface area contributed by atoms with E-state index in [-0.39, 0.29) is 11.4 Å². The Morgan fingerprint density at radius 1 is 1.25 bits per heavy atom. The number of nitrogens with two attached hydrogens (primary N) is 2. The van der Waals surface area contributed by atoms with Crippen LogP contribution >= 0.6 is 0 Å². The Morgan fingerprint density at radius 2 is 1.75 bits per heavy atom. The molecule has 0 aromatic carbocycles. The van der Waals surface area contributed by atoms with Crippen molar-refractivity contribution in [2.45, 2.75) is 25.3 Å². The molecule has 0 aliphatic heterocycles. The first kappa shape index (κ1) is 22.8. The second-order valence-corrected chi connectivity index (χ2v) is 3.48. The number of rotatable bonds is 7. The molecule has 0 aliphatic carbocycles. The van der Waals surface area contributed by atoms with Crippen molar-refractivity contribution in [2.24, 2.45) is 11.5 Å². The summed E-state index contributed by atoms with van der Waals surface area (Å²) in [6.45, 7) is 0.557. The zero-order valence-corrected chi connectivity index (χ0v) is 10.8. The molecule has 11 heteroatoms. The van der Waals surface area contributed by atoms with Gasteiger partial charge in [-0.2, -0.15) is 0 Å². The highest BCUT2D eigenvalue weighted by molar-refractivity contribution is 5.87. The molecule has 0 heterocycles. The fourth-order valence-corrected chi connectivity index (χ4v) is 0.823. The molecule has 0 saturated heterocycles. The molecule has 0 unspecified atom stereocenters. The molecule has 0 rings (SSSR count). The third-order valence-electron chi connectivity index (χ3n) is 1.69. The van der Waals surface area contributed by atoms with Gasteiger partial charge in [-0.15, -0.1) is 0 Å². The lowest BCUT2D eigenvalue weighted by Crippen LogP contribution is -2.78. The zero-order valence-electron chi connectivity index (χ0n) is 10.8. The third-order valence-corrected chi connectivity index (χ3v) is 1.69. The smallest absolute Gasteiger partial charge is 0.338 e. The Labute approximate surface area is 114 Å². The van der Waals surface area contributed by atoms with Crippen LogP contribution in [-0.4, -0.2) is 47.0 Å². The first-order valence-electron chi connectivity index (χ1n) is 5.24. The number of aliphatic carboxylic acids is 3. The summed E-state index contributed by atoms with van der Waals surface area (Å²) in [5.74, 6) is -3.92. The summed E-state index contributed by atoms with van der Waals surface area (Å²) in [7, 11) is 0. The van der Waals surface area contributed by atoms with E-state index < -0.39 is 30.4 Å². The molecule has 118 valence electrons. The number of carbonyl (C=O) groups excluding carboxylic acids is 2. The lowest BCUT2D eigenvalue weighted by Gasteiger charge is -2.06. The molecule has 1 atom stereocenters. The van der Waals surface area contributed by atoms with Gasteiger partial charge in [-0.05, 0) is 6.42 Å². The topological polar surface area (TPSA) is 243 Å². The molecular formula is C9H20N4O7. The van der Waals surface area contributed by atoms with E-state index in [9.17, 15) is 24.6 Å². The van der Waals surface area contributed by atoms with Crippen LogP contribution < -0.4 is 32.4 Å². The van der Waals surface area contributed by atoms with Crippen molar-refractivity contribution in [3.05, 3.63) is 0 Å². The first-order valence-corrected chi connectivity index (χ1v) is 5.24. The normalized spacial score (nSPS) is 10.1. The van der Waals surface area contributed by atoms with E-state index in [4.69, 9.17) is 16.6 Å². The minimum atomic E-state index is -1.56. The number of carbonyl (C=O) groups is 3. The van der Waals surface area contributed by atoms with Gasteiger partial charge >= 0.3 is 11.9 Å². The van der Waals surface area contributed by atoms with E-state index in [1.54, 1.807) is 0 Å². The molecule has 0 bridgehead atoms. The molecule has 0 amide bonds. The highest BCUT2D eigenvalue weighted by Gasteiger charge is 2.05. The summed E-state index contributed by atoms with van der Waals surface area (Å²) in [6, 6.07) is -0.661. The Balaban J connectivity index is -0.000000312. The fraction of sp³-hybridized carbons (Fsp3) is 0.556. The fourth-order valence-electron chi connectivity index (χ4n) is 0.823. The van der Waals surface area contributed by atoms with Crippen LogP contribution in [-0.2, 0) is 14.4 Å². The maximum Gasteiger partial charge on any atom is 0.338 e. The van der Waals surface area contributed by atoms with Crippen LogP contribution in [0.5, 0.6) is 0 Å². The zero-order chi connectivity index (χ0) is 15.4. The first-order chi connectivity index (χ1) is 8.66. The van der Waals surface area contributed by atoms with Crippen LogP contribution in [0.2, 0.25) is 0 Å². The summed E-state index contributed by atoms with van der Waals surface area (Å²) >= 11 is 0. The standard InChI is InChI=1S/C6H14N4O2.C3H4O4.H2O/c7-4(5(11)12)2-1-3-10-6(8)9;4-2(5)1-3(6)7;/h4H,1-3,7H2,(H,11,12)(H4,8,9,10);1H2,(H,4,5)(H,6,7);1H2/t4-;;/m0../s1. The lowest BCUT2D eigenvalue weighted by molar-refractivity contribution is -0.466. The summed E-state index contributed by atoms with van der Waals surface area (Å²) in [6.07, 6.45) is 0.197. The molecule has 0 aromatic heterocycles. The van der Waals surface area contributed by atoms with Crippen molar-refractivity contribution < 1.29 is 45.9 Å². The van der Waals surface area contributed by atoms with Gasteiger partial charge < -0.3 is 36.1 Å². The van der Waals surface area contributed by atoms with Crippen LogP contribution in [0.25, 0.3) is 0 Å². The molecule has 11 nitrogen and oxygen atoms in total. The van der Waals surface area contributed by atoms with Crippen molar-refractivity contribution in [1.82, 2.24) is 0 Å². The van der Waals surface area contributed by atoms with Gasteiger partial charge in [0, 0.05) is 6.42 Å². The predicted octanol–water partition coefficient (Wildman–Crippen LogP) is -8.13. The maximum atomic E-state index is 10.2. The predicted molar refractivity (Wildman–Crippen MR) is 61.0 cm³/mol. The van der Waals surface area contributed by atoms with E-state index in [0.717, 1.165) is 0 Å². The number of hydrogen-bond donors (Lipinski definition) is 5. The number of hydrogen-bond acceptors (Lipinski definition) is 5. The van der Waals surface area contributed by atoms with Crippen LogP contribution in [0.1, 0.15) is 19.3 Å². The molecule has 0 aliphatic rings. The van der Waals surface area contributed by atoms with Gasteiger partial charge in [0.05, 0.1) is 24.9 Å². The molecule has 0 aromatic rings. The number of carboxylic acid groups (broad SMARTS) is 3. The Hall–Kier alpha value is -2.40. The average Bonchev–Trinajstić information content (AvgIpc) is 2.22. The molecular weight excluding hydrogens is 276 g/mol. The number of quaternary nitrogens is 1. The highest BCUT2D eigenvalue weighted by Crippen LogP contribution is 1.87. The molecule has 20 heavy (non-hydrogen) atoms. The van der Waals surface area contributed by atoms with Crippen LogP contribution in [0.3, 0.4) is 0 Å². The van der Waals surface area contributed by atoms with Gasteiger partial charge in [0.2, 0.25) is 0 Å². The van der Waals surface area contributed by atoms with Crippen molar-refractivity contribution in [1.29, 1.82) is 0 Å². The van der Waals surface area contributed by atoms with Gasteiger partial charge in [-0.3, -0.25) is 21.3 Å². The van der Waals surface area contributed by atoms with Crippen molar-refractivity contribution >= 4 is 23.9 Å². The SMILES string of the molecule is NC(N)=[NH+]CCC[C@H]([NH3+])C(=O)[O-].O.O=C([O-])CC(=O)O. The van der Waals surface area contributed by atoms with Gasteiger partial charge in [0.1, 0.15) is 6.04 Å². The number of guanidine groups is 1. The van der Waals surface area contributed by atoms with E-state index >= 15 is 0 Å². The van der Waals surface area contributed by atoms with E-state index in [0.29, 0.717) is 19.4 Å². The number of carboxylic acids is 3. The van der Waals surface area contributed by atoms with Crippen LogP contribution in [0, 0.1) is 0 Å². The van der Waals surface area contributed by atoms with Crippen molar-refractivity contribution in [3.63, 3.8) is 0 Å². The van der Waals surface area contributed by atoms with Gasteiger partial charge in [0.25, 0.3) is 0 Å². The minimum absolute atomic E-state index is 0. The van der Waals surface area contributed by atoms with Gasteiger partial charge in [-0.25, -0.2) is 0 Å². The van der Waals surface area contributed by atoms with Gasteiger partial charge in [-0.1, -0.05) is 0 Å². The largest absolute Gasteiger partial charge is 0.550 e. The molecule has 0 fully saturated rings. The Kier molecular flexibility index (Phi) is 14.8. The Morgan fingerprint density at radius 3 is 2.00 bits per heavy atom. The summed E-state index contributed by atoms with van der Waals surface area (Å²) in [5, 5.41) is 27.2. The third kappa shape index (κ3) is 20.9. The molecule has 0 radical (unpaired) electrons. The molecule has 0 saturated carbocycles. The van der Waals surface area contributed by atoms with Crippen LogP contribution in [0.15, 0.2) is 0 Å². The summed E-state index contributed by atoms with van der Waals surface area (Å²) < 4.78 is 0.